The molecule has 0 unspecified atom stereocenters. The monoisotopic (exact) mass is 428 g/mol. The summed E-state index contributed by atoms with van der Waals surface area (Å²) in [5, 5.41) is 0. The number of esters is 1. The Morgan fingerprint density at radius 1 is 1.19 bits per heavy atom. The average molecular weight is 429 g/mol. The van der Waals surface area contributed by atoms with Crippen LogP contribution < -0.4 is 0 Å². The van der Waals surface area contributed by atoms with Crippen LogP contribution in [-0.2, 0) is 19.1 Å². The predicted molar refractivity (Wildman–Crippen MR) is 120 cm³/mol. The topological polar surface area (TPSA) is 60.4 Å². The first kappa shape index (κ1) is 22.7. The van der Waals surface area contributed by atoms with Gasteiger partial charge in [0.05, 0.1) is 7.11 Å². The fourth-order valence-electron chi connectivity index (χ4n) is 8.43. The third-order valence-corrected chi connectivity index (χ3v) is 10.6. The zero-order chi connectivity index (χ0) is 22.6. The first-order valence-electron chi connectivity index (χ1n) is 12.4. The molecule has 4 aliphatic rings. The van der Waals surface area contributed by atoms with Crippen LogP contribution in [0.1, 0.15) is 85.5 Å². The fourth-order valence-corrected chi connectivity index (χ4v) is 8.43. The number of carbonyl (C=O) groups is 3. The molecule has 3 fully saturated rings. The molecule has 4 heteroatoms. The Balaban J connectivity index is 1.63. The van der Waals surface area contributed by atoms with Crippen molar-refractivity contribution in [2.45, 2.75) is 85.5 Å². The Morgan fingerprint density at radius 2 is 1.94 bits per heavy atom. The fraction of sp³-hybridized carbons (Fsp3) is 0.815. The number of allylic oxidation sites excluding steroid dienone is 2. The minimum atomic E-state index is -0.312. The van der Waals surface area contributed by atoms with E-state index in [1.165, 1.54) is 12.7 Å². The van der Waals surface area contributed by atoms with Crippen LogP contribution in [-0.4, -0.2) is 25.1 Å². The van der Waals surface area contributed by atoms with Crippen LogP contribution in [0.25, 0.3) is 0 Å². The zero-order valence-electron chi connectivity index (χ0n) is 20.0. The number of hydrogen-bond donors (Lipinski definition) is 0. The molecule has 0 aromatic heterocycles. The third kappa shape index (κ3) is 3.26. The average Bonchev–Trinajstić information content (AvgIpc) is 3.11. The maximum Gasteiger partial charge on any atom is 0.305 e. The van der Waals surface area contributed by atoms with E-state index in [0.717, 1.165) is 57.7 Å². The minimum Gasteiger partial charge on any atom is -0.469 e. The first-order chi connectivity index (χ1) is 14.6. The second-order valence-electron chi connectivity index (χ2n) is 11.8. The van der Waals surface area contributed by atoms with Gasteiger partial charge in [-0.3, -0.25) is 9.59 Å². The summed E-state index contributed by atoms with van der Waals surface area (Å²) in [6, 6.07) is 0. The van der Waals surface area contributed by atoms with Gasteiger partial charge in [0.25, 0.3) is 0 Å². The molecule has 0 N–H and O–H groups in total. The second-order valence-corrected chi connectivity index (χ2v) is 11.8. The molecule has 0 heterocycles. The molecule has 0 bridgehead atoms. The largest absolute Gasteiger partial charge is 0.469 e. The van der Waals surface area contributed by atoms with Crippen LogP contribution in [0.15, 0.2) is 11.6 Å². The molecule has 4 rings (SSSR count). The van der Waals surface area contributed by atoms with Gasteiger partial charge in [-0.15, -0.1) is 0 Å². The number of hydrogen-bond acceptors (Lipinski definition) is 4. The quantitative estimate of drug-likeness (QED) is 0.426. The van der Waals surface area contributed by atoms with Gasteiger partial charge in [-0.05, 0) is 91.9 Å². The number of ether oxygens (including phenoxy) is 1. The van der Waals surface area contributed by atoms with Crippen LogP contribution in [0, 0.1) is 45.8 Å². The number of ketones is 1. The molecule has 0 radical (unpaired) electrons. The van der Waals surface area contributed by atoms with Crippen molar-refractivity contribution in [3.8, 4) is 0 Å². The van der Waals surface area contributed by atoms with Crippen molar-refractivity contribution in [1.82, 2.24) is 0 Å². The molecule has 0 spiro atoms. The van der Waals surface area contributed by atoms with E-state index in [9.17, 15) is 14.4 Å². The van der Waals surface area contributed by atoms with Gasteiger partial charge in [-0.1, -0.05) is 33.3 Å². The van der Waals surface area contributed by atoms with Crippen molar-refractivity contribution in [1.29, 1.82) is 0 Å². The molecule has 0 aromatic rings. The van der Waals surface area contributed by atoms with Crippen LogP contribution in [0.2, 0.25) is 0 Å². The molecular formula is C27H40O4. The van der Waals surface area contributed by atoms with Gasteiger partial charge in [0.2, 0.25) is 0 Å². The van der Waals surface area contributed by atoms with E-state index in [4.69, 9.17) is 4.74 Å². The van der Waals surface area contributed by atoms with Gasteiger partial charge >= 0.3 is 5.97 Å². The molecule has 4 aliphatic carbocycles. The summed E-state index contributed by atoms with van der Waals surface area (Å²) in [5.41, 5.74) is 1.23. The van der Waals surface area contributed by atoms with Gasteiger partial charge in [-0.2, -0.15) is 0 Å². The summed E-state index contributed by atoms with van der Waals surface area (Å²) in [6.07, 6.45) is 11.8. The van der Waals surface area contributed by atoms with Gasteiger partial charge < -0.3 is 9.53 Å². The second kappa shape index (κ2) is 7.85. The van der Waals surface area contributed by atoms with E-state index in [0.29, 0.717) is 35.9 Å². The highest BCUT2D eigenvalue weighted by Crippen LogP contribution is 2.69. The van der Waals surface area contributed by atoms with Crippen molar-refractivity contribution in [3.63, 3.8) is 0 Å². The normalized spacial score (nSPS) is 45.1. The molecule has 4 nitrogen and oxygen atoms in total. The number of aldehydes is 1. The Kier molecular flexibility index (Phi) is 5.75. The number of rotatable bonds is 5. The molecule has 0 aromatic carbocycles. The Hall–Kier alpha value is -1.45. The molecule has 172 valence electrons. The van der Waals surface area contributed by atoms with Crippen molar-refractivity contribution < 1.29 is 19.1 Å². The maximum atomic E-state index is 13.8. The molecular weight excluding hydrogens is 388 g/mol. The Bertz CT molecular complexity index is 799. The predicted octanol–water partition coefficient (Wildman–Crippen LogP) is 5.54. The third-order valence-electron chi connectivity index (χ3n) is 10.6. The highest BCUT2D eigenvalue weighted by atomic mass is 16.5. The lowest BCUT2D eigenvalue weighted by molar-refractivity contribution is -0.141. The highest BCUT2D eigenvalue weighted by molar-refractivity contribution is 5.97. The summed E-state index contributed by atoms with van der Waals surface area (Å²) >= 11 is 0. The lowest BCUT2D eigenvalue weighted by Gasteiger charge is -2.61. The van der Waals surface area contributed by atoms with Gasteiger partial charge in [0.15, 0.2) is 5.78 Å². The van der Waals surface area contributed by atoms with E-state index in [1.807, 2.05) is 0 Å². The van der Waals surface area contributed by atoms with Crippen LogP contribution in [0.5, 0.6) is 0 Å². The molecule has 3 saturated carbocycles. The summed E-state index contributed by atoms with van der Waals surface area (Å²) in [5.74, 6) is 1.90. The van der Waals surface area contributed by atoms with Crippen LogP contribution >= 0.6 is 0 Å². The van der Waals surface area contributed by atoms with Crippen molar-refractivity contribution in [2.24, 2.45) is 45.8 Å². The van der Waals surface area contributed by atoms with Gasteiger partial charge in [-0.25, -0.2) is 0 Å². The summed E-state index contributed by atoms with van der Waals surface area (Å²) in [7, 11) is 1.44. The summed E-state index contributed by atoms with van der Waals surface area (Å²) < 4.78 is 4.84. The van der Waals surface area contributed by atoms with E-state index >= 15 is 0 Å². The van der Waals surface area contributed by atoms with Crippen LogP contribution in [0.4, 0.5) is 0 Å². The van der Waals surface area contributed by atoms with Gasteiger partial charge in [0, 0.05) is 17.8 Å². The first-order valence-corrected chi connectivity index (χ1v) is 12.4. The lowest BCUT2D eigenvalue weighted by Crippen LogP contribution is -2.55. The minimum absolute atomic E-state index is 0.0288. The van der Waals surface area contributed by atoms with E-state index in [2.05, 4.69) is 33.8 Å². The van der Waals surface area contributed by atoms with Crippen molar-refractivity contribution in [2.75, 3.05) is 7.11 Å². The smallest absolute Gasteiger partial charge is 0.305 e. The Morgan fingerprint density at radius 3 is 2.61 bits per heavy atom. The lowest BCUT2D eigenvalue weighted by atomic mass is 9.42. The molecule has 0 amide bonds. The summed E-state index contributed by atoms with van der Waals surface area (Å²) in [6.45, 7) is 9.18. The number of carbonyl (C=O) groups excluding carboxylic acids is 3. The highest BCUT2D eigenvalue weighted by Gasteiger charge is 2.63. The van der Waals surface area contributed by atoms with Gasteiger partial charge in [0.1, 0.15) is 6.29 Å². The summed E-state index contributed by atoms with van der Waals surface area (Å²) in [4.78, 5) is 37.0. The standard InChI is InChI=1S/C27H40O4/c1-17(6-9-24(30)31-5)20-7-8-21-19-11-12-25(2)15-18(16-28)10-13-26(25,3)22(19)14-23(29)27(20,21)4/h14,16-21H,6-13,15H2,1-5H3/t17-,18-,19+,20-,21+,25-,26-,27-/m1/s1. The van der Waals surface area contributed by atoms with E-state index < -0.39 is 0 Å². The SMILES string of the molecule is COC(=O)CC[C@@H](C)[C@H]1CC[C@H]2[C@@H]3CC[C@]4(C)C[C@H](C=O)CC[C@]4(C)C3=CC(=O)[C@]12C. The number of fused-ring (bicyclic) bond motifs is 5. The van der Waals surface area contributed by atoms with Crippen molar-refractivity contribution >= 4 is 18.0 Å². The zero-order valence-corrected chi connectivity index (χ0v) is 20.0. The van der Waals surface area contributed by atoms with E-state index in [1.54, 1.807) is 0 Å². The number of methoxy groups -OCH3 is 1. The van der Waals surface area contributed by atoms with E-state index in [-0.39, 0.29) is 28.1 Å². The molecule has 0 saturated heterocycles. The van der Waals surface area contributed by atoms with Crippen molar-refractivity contribution in [3.05, 3.63) is 11.6 Å². The molecule has 8 atom stereocenters. The Labute approximate surface area is 187 Å². The maximum absolute atomic E-state index is 13.8. The molecule has 0 aliphatic heterocycles. The van der Waals surface area contributed by atoms with Crippen LogP contribution in [0.3, 0.4) is 0 Å². The molecule has 31 heavy (non-hydrogen) atoms.